The zero-order valence-corrected chi connectivity index (χ0v) is 14.9. The Balaban J connectivity index is 1.76. The highest BCUT2D eigenvalue weighted by molar-refractivity contribution is 5.94. The van der Waals surface area contributed by atoms with Crippen LogP contribution < -0.4 is 5.32 Å². The van der Waals surface area contributed by atoms with Gasteiger partial charge in [0.05, 0.1) is 0 Å². The van der Waals surface area contributed by atoms with E-state index in [-0.39, 0.29) is 24.1 Å². The van der Waals surface area contributed by atoms with Crippen LogP contribution in [0.25, 0.3) is 0 Å². The molecule has 0 fully saturated rings. The average molecular weight is 357 g/mol. The van der Waals surface area contributed by atoms with Gasteiger partial charge in [-0.15, -0.1) is 0 Å². The predicted molar refractivity (Wildman–Crippen MR) is 95.7 cm³/mol. The number of amides is 2. The maximum absolute atomic E-state index is 12.6. The van der Waals surface area contributed by atoms with E-state index in [0.717, 1.165) is 30.9 Å². The number of nitrogens with one attached hydrogen (secondary N) is 1. The van der Waals surface area contributed by atoms with Crippen molar-refractivity contribution >= 4 is 17.6 Å². The van der Waals surface area contributed by atoms with Crippen molar-refractivity contribution in [2.24, 2.45) is 0 Å². The third kappa shape index (κ3) is 4.59. The molecule has 8 heteroatoms. The Hall–Kier alpha value is -2.90. The normalized spacial score (nSPS) is 16.7. The lowest BCUT2D eigenvalue weighted by Gasteiger charge is -2.25. The topological polar surface area (TPSA) is 91.6 Å². The number of carbonyl (C=O) groups excluding carboxylic acids is 2. The molecule has 3 heterocycles. The summed E-state index contributed by atoms with van der Waals surface area (Å²) in [7, 11) is 1.76. The van der Waals surface area contributed by atoms with E-state index in [9.17, 15) is 9.59 Å². The van der Waals surface area contributed by atoms with Crippen LogP contribution in [-0.2, 0) is 11.2 Å². The van der Waals surface area contributed by atoms with Gasteiger partial charge in [0.25, 0.3) is 5.91 Å². The van der Waals surface area contributed by atoms with Gasteiger partial charge >= 0.3 is 0 Å². The molecule has 0 saturated carbocycles. The Morgan fingerprint density at radius 1 is 1.27 bits per heavy atom. The molecule has 0 radical (unpaired) electrons. The number of oxazole rings is 1. The molecule has 1 N–H and O–H groups in total. The SMILES string of the molecule is CN1CCCNc2cccc(n2)CCCN(C(=O)c2cocn2)CC1=O. The number of nitrogens with zero attached hydrogens (tertiary/aromatic N) is 4. The van der Waals surface area contributed by atoms with Crippen molar-refractivity contribution < 1.29 is 14.0 Å². The number of anilines is 1. The minimum absolute atomic E-state index is 0.0308. The van der Waals surface area contributed by atoms with Gasteiger partial charge in [-0.05, 0) is 31.4 Å². The highest BCUT2D eigenvalue weighted by Crippen LogP contribution is 2.10. The van der Waals surface area contributed by atoms with Gasteiger partial charge in [0, 0.05) is 32.4 Å². The summed E-state index contributed by atoms with van der Waals surface area (Å²) in [5, 5.41) is 3.29. The molecule has 0 unspecified atom stereocenters. The molecule has 2 amide bonds. The summed E-state index contributed by atoms with van der Waals surface area (Å²) < 4.78 is 4.90. The maximum Gasteiger partial charge on any atom is 0.276 e. The number of fused-ring (bicyclic) bond motifs is 2. The first-order valence-corrected chi connectivity index (χ1v) is 8.75. The van der Waals surface area contributed by atoms with Crippen LogP contribution in [0.4, 0.5) is 5.82 Å². The minimum atomic E-state index is -0.295. The fraction of sp³-hybridized carbons (Fsp3) is 0.444. The van der Waals surface area contributed by atoms with E-state index in [4.69, 9.17) is 4.42 Å². The van der Waals surface area contributed by atoms with Crippen molar-refractivity contribution in [3.8, 4) is 0 Å². The Morgan fingerprint density at radius 3 is 2.96 bits per heavy atom. The number of aryl methyl sites for hydroxylation is 1. The summed E-state index contributed by atoms with van der Waals surface area (Å²) in [4.78, 5) is 36.8. The molecular weight excluding hydrogens is 334 g/mol. The molecule has 3 rings (SSSR count). The first-order valence-electron chi connectivity index (χ1n) is 8.75. The van der Waals surface area contributed by atoms with E-state index in [0.29, 0.717) is 19.5 Å². The van der Waals surface area contributed by atoms with Gasteiger partial charge < -0.3 is 19.5 Å². The molecule has 0 aliphatic carbocycles. The molecule has 138 valence electrons. The van der Waals surface area contributed by atoms with E-state index in [2.05, 4.69) is 15.3 Å². The van der Waals surface area contributed by atoms with Gasteiger partial charge in [-0.1, -0.05) is 6.07 Å². The predicted octanol–water partition coefficient (Wildman–Crippen LogP) is 1.42. The molecule has 0 saturated heterocycles. The molecule has 0 atom stereocenters. The van der Waals surface area contributed by atoms with E-state index in [1.54, 1.807) is 11.9 Å². The fourth-order valence-corrected chi connectivity index (χ4v) is 2.84. The number of carbonyl (C=O) groups is 2. The summed E-state index contributed by atoms with van der Waals surface area (Å²) in [5.74, 6) is 0.454. The number of hydrogen-bond acceptors (Lipinski definition) is 6. The number of likely N-dealkylation sites (N-methyl/N-ethyl adjacent to an activating group) is 1. The third-order valence-corrected chi connectivity index (χ3v) is 4.33. The van der Waals surface area contributed by atoms with Crippen LogP contribution in [0.3, 0.4) is 0 Å². The molecule has 0 aromatic carbocycles. The second-order valence-electron chi connectivity index (χ2n) is 6.31. The van der Waals surface area contributed by atoms with Crippen LogP contribution >= 0.6 is 0 Å². The first kappa shape index (κ1) is 17.9. The lowest BCUT2D eigenvalue weighted by molar-refractivity contribution is -0.130. The molecule has 8 nitrogen and oxygen atoms in total. The highest BCUT2D eigenvalue weighted by atomic mass is 16.3. The minimum Gasteiger partial charge on any atom is -0.451 e. The van der Waals surface area contributed by atoms with Gasteiger partial charge in [-0.2, -0.15) is 0 Å². The standard InChI is InChI=1S/C18H23N5O3/c1-22-9-4-8-19-16-7-2-5-14(21-16)6-3-10-23(11-17(22)24)18(25)15-12-26-13-20-15/h2,5,7,12-13H,3-4,6,8-11H2,1H3,(H,19,21). The highest BCUT2D eigenvalue weighted by Gasteiger charge is 2.22. The smallest absolute Gasteiger partial charge is 0.276 e. The van der Waals surface area contributed by atoms with Crippen LogP contribution in [0.15, 0.2) is 35.3 Å². The van der Waals surface area contributed by atoms with Crippen molar-refractivity contribution in [2.75, 3.05) is 38.5 Å². The second-order valence-corrected chi connectivity index (χ2v) is 6.31. The summed E-state index contributed by atoms with van der Waals surface area (Å²) in [6.45, 7) is 1.82. The quantitative estimate of drug-likeness (QED) is 0.830. The van der Waals surface area contributed by atoms with Crippen LogP contribution in [0.1, 0.15) is 29.0 Å². The van der Waals surface area contributed by atoms with Crippen molar-refractivity contribution in [3.63, 3.8) is 0 Å². The fourth-order valence-electron chi connectivity index (χ4n) is 2.84. The van der Waals surface area contributed by atoms with Gasteiger partial charge in [0.2, 0.25) is 5.91 Å². The average Bonchev–Trinajstić information content (AvgIpc) is 3.18. The van der Waals surface area contributed by atoms with E-state index in [1.807, 2.05) is 18.2 Å². The summed E-state index contributed by atoms with van der Waals surface area (Å²) in [5.41, 5.74) is 1.18. The van der Waals surface area contributed by atoms with Crippen molar-refractivity contribution in [3.05, 3.63) is 42.2 Å². The molecule has 2 aromatic rings. The third-order valence-electron chi connectivity index (χ3n) is 4.33. The van der Waals surface area contributed by atoms with Crippen molar-refractivity contribution in [1.29, 1.82) is 0 Å². The molecule has 0 spiro atoms. The molecule has 2 bridgehead atoms. The number of pyridine rings is 1. The second kappa shape index (κ2) is 8.46. The molecule has 1 aliphatic heterocycles. The Morgan fingerprint density at radius 2 is 2.15 bits per heavy atom. The Kier molecular flexibility index (Phi) is 5.83. The van der Waals surface area contributed by atoms with E-state index in [1.165, 1.54) is 17.6 Å². The molecule has 26 heavy (non-hydrogen) atoms. The molecule has 1 aliphatic rings. The van der Waals surface area contributed by atoms with Gasteiger partial charge in [0.1, 0.15) is 18.6 Å². The van der Waals surface area contributed by atoms with Gasteiger partial charge in [0.15, 0.2) is 12.1 Å². The van der Waals surface area contributed by atoms with E-state index >= 15 is 0 Å². The number of rotatable bonds is 1. The van der Waals surface area contributed by atoms with Crippen LogP contribution in [-0.4, -0.2) is 64.8 Å². The first-order chi connectivity index (χ1) is 12.6. The summed E-state index contributed by atoms with van der Waals surface area (Å²) in [6, 6.07) is 5.88. The lowest BCUT2D eigenvalue weighted by atomic mass is 10.2. The Bertz CT molecular complexity index is 747. The van der Waals surface area contributed by atoms with E-state index < -0.39 is 0 Å². The molecular formula is C18H23N5O3. The molecule has 2 aromatic heterocycles. The summed E-state index contributed by atoms with van der Waals surface area (Å²) >= 11 is 0. The van der Waals surface area contributed by atoms with Crippen LogP contribution in [0.2, 0.25) is 0 Å². The summed E-state index contributed by atoms with van der Waals surface area (Å²) in [6.07, 6.45) is 4.75. The zero-order chi connectivity index (χ0) is 18.4. The zero-order valence-electron chi connectivity index (χ0n) is 14.9. The Labute approximate surface area is 152 Å². The van der Waals surface area contributed by atoms with Crippen molar-refractivity contribution in [2.45, 2.75) is 19.3 Å². The van der Waals surface area contributed by atoms with Gasteiger partial charge in [-0.25, -0.2) is 9.97 Å². The van der Waals surface area contributed by atoms with Crippen LogP contribution in [0.5, 0.6) is 0 Å². The largest absolute Gasteiger partial charge is 0.451 e. The van der Waals surface area contributed by atoms with Crippen molar-refractivity contribution in [1.82, 2.24) is 19.8 Å². The number of aromatic nitrogens is 2. The number of hydrogen-bond donors (Lipinski definition) is 1. The monoisotopic (exact) mass is 357 g/mol. The lowest BCUT2D eigenvalue weighted by Crippen LogP contribution is -2.42. The van der Waals surface area contributed by atoms with Gasteiger partial charge in [-0.3, -0.25) is 9.59 Å². The van der Waals surface area contributed by atoms with Crippen LogP contribution in [0, 0.1) is 0 Å². The maximum atomic E-state index is 12.6.